The monoisotopic (exact) mass is 314 g/mol. The average Bonchev–Trinajstić information content (AvgIpc) is 3.15. The lowest BCUT2D eigenvalue weighted by Crippen LogP contribution is -2.44. The van der Waals surface area contributed by atoms with Crippen LogP contribution in [0.1, 0.15) is 22.2 Å². The van der Waals surface area contributed by atoms with E-state index in [1.807, 2.05) is 18.2 Å². The van der Waals surface area contributed by atoms with Crippen molar-refractivity contribution >= 4 is 11.9 Å². The van der Waals surface area contributed by atoms with Crippen molar-refractivity contribution in [2.75, 3.05) is 26.3 Å². The number of amides is 1. The van der Waals surface area contributed by atoms with Gasteiger partial charge in [0, 0.05) is 24.8 Å². The van der Waals surface area contributed by atoms with Gasteiger partial charge in [0.2, 0.25) is 6.10 Å². The Hall–Kier alpha value is -2.60. The fourth-order valence-corrected chi connectivity index (χ4v) is 2.47. The molecule has 0 aliphatic carbocycles. The Kier molecular flexibility index (Phi) is 4.73. The molecule has 2 aromatic rings. The predicted molar refractivity (Wildman–Crippen MR) is 82.8 cm³/mol. The number of nitrogens with one attached hydrogen (secondary N) is 1. The van der Waals surface area contributed by atoms with E-state index in [0.717, 1.165) is 0 Å². The van der Waals surface area contributed by atoms with Gasteiger partial charge in [-0.25, -0.2) is 4.79 Å². The number of H-pyrrole nitrogens is 1. The Morgan fingerprint density at radius 3 is 2.48 bits per heavy atom. The first-order valence-electron chi connectivity index (χ1n) is 7.51. The third-order valence-corrected chi connectivity index (χ3v) is 3.69. The summed E-state index contributed by atoms with van der Waals surface area (Å²) in [6.07, 6.45) is 0.683. The molecule has 1 atom stereocenters. The molecule has 1 aromatic heterocycles. The first kappa shape index (κ1) is 15.3. The second-order valence-electron chi connectivity index (χ2n) is 5.22. The van der Waals surface area contributed by atoms with Gasteiger partial charge in [-0.2, -0.15) is 0 Å². The molecule has 0 radical (unpaired) electrons. The fourth-order valence-electron chi connectivity index (χ4n) is 2.47. The number of esters is 1. The largest absolute Gasteiger partial charge is 0.443 e. The smallest absolute Gasteiger partial charge is 0.355 e. The van der Waals surface area contributed by atoms with Crippen LogP contribution in [-0.2, 0) is 14.3 Å². The summed E-state index contributed by atoms with van der Waals surface area (Å²) in [6, 6.07) is 12.4. The van der Waals surface area contributed by atoms with Gasteiger partial charge >= 0.3 is 5.97 Å². The van der Waals surface area contributed by atoms with E-state index in [9.17, 15) is 9.59 Å². The fraction of sp³-hybridized carbons (Fsp3) is 0.294. The number of rotatable bonds is 4. The summed E-state index contributed by atoms with van der Waals surface area (Å²) in [4.78, 5) is 29.5. The summed E-state index contributed by atoms with van der Waals surface area (Å²) in [7, 11) is 0. The number of morpholine rings is 1. The molecule has 6 nitrogen and oxygen atoms in total. The molecule has 1 aliphatic rings. The number of hydrogen-bond donors (Lipinski definition) is 1. The van der Waals surface area contributed by atoms with Crippen molar-refractivity contribution in [3.63, 3.8) is 0 Å². The Balaban J connectivity index is 1.81. The minimum Gasteiger partial charge on any atom is -0.443 e. The highest BCUT2D eigenvalue weighted by Gasteiger charge is 2.30. The van der Waals surface area contributed by atoms with E-state index in [4.69, 9.17) is 9.47 Å². The van der Waals surface area contributed by atoms with Crippen LogP contribution >= 0.6 is 0 Å². The maximum atomic E-state index is 12.8. The number of aromatic amines is 1. The molecule has 3 rings (SSSR count). The van der Waals surface area contributed by atoms with Gasteiger partial charge in [0.05, 0.1) is 13.2 Å². The normalized spacial score (nSPS) is 15.9. The lowest BCUT2D eigenvalue weighted by molar-refractivity contribution is -0.145. The summed E-state index contributed by atoms with van der Waals surface area (Å²) >= 11 is 0. The number of hydrogen-bond acceptors (Lipinski definition) is 4. The quantitative estimate of drug-likeness (QED) is 0.873. The molecule has 1 amide bonds. The third-order valence-electron chi connectivity index (χ3n) is 3.69. The summed E-state index contributed by atoms with van der Waals surface area (Å²) in [5, 5.41) is 0. The van der Waals surface area contributed by atoms with Crippen molar-refractivity contribution in [2.45, 2.75) is 6.10 Å². The molecule has 1 aromatic carbocycles. The van der Waals surface area contributed by atoms with Gasteiger partial charge in [0.15, 0.2) is 0 Å². The van der Waals surface area contributed by atoms with Gasteiger partial charge in [-0.05, 0) is 12.1 Å². The number of ether oxygens (including phenoxy) is 2. The Morgan fingerprint density at radius 2 is 1.83 bits per heavy atom. The number of aromatic nitrogens is 1. The van der Waals surface area contributed by atoms with Crippen molar-refractivity contribution in [3.8, 4) is 0 Å². The van der Waals surface area contributed by atoms with Crippen LogP contribution < -0.4 is 0 Å². The van der Waals surface area contributed by atoms with Crippen LogP contribution in [0.4, 0.5) is 0 Å². The highest BCUT2D eigenvalue weighted by atomic mass is 16.5. The molecule has 1 saturated heterocycles. The van der Waals surface area contributed by atoms with Crippen LogP contribution in [0.25, 0.3) is 0 Å². The topological polar surface area (TPSA) is 71.6 Å². The zero-order valence-corrected chi connectivity index (χ0v) is 12.6. The van der Waals surface area contributed by atoms with E-state index < -0.39 is 12.1 Å². The average molecular weight is 314 g/mol. The number of carbonyl (C=O) groups is 2. The highest BCUT2D eigenvalue weighted by molar-refractivity contribution is 5.91. The van der Waals surface area contributed by atoms with E-state index in [1.165, 1.54) is 0 Å². The van der Waals surface area contributed by atoms with Crippen molar-refractivity contribution < 1.29 is 19.1 Å². The van der Waals surface area contributed by atoms with Crippen molar-refractivity contribution in [1.82, 2.24) is 9.88 Å². The van der Waals surface area contributed by atoms with Crippen LogP contribution in [0.15, 0.2) is 48.7 Å². The summed E-state index contributed by atoms with van der Waals surface area (Å²) in [5.41, 5.74) is 0.976. The maximum Gasteiger partial charge on any atom is 0.355 e. The molecule has 23 heavy (non-hydrogen) atoms. The first-order valence-corrected chi connectivity index (χ1v) is 7.51. The first-order chi connectivity index (χ1) is 11.3. The lowest BCUT2D eigenvalue weighted by Gasteiger charge is -2.30. The van der Waals surface area contributed by atoms with Gasteiger partial charge in [-0.15, -0.1) is 0 Å². The maximum absolute atomic E-state index is 12.8. The molecule has 2 heterocycles. The highest BCUT2D eigenvalue weighted by Crippen LogP contribution is 2.22. The van der Waals surface area contributed by atoms with Gasteiger partial charge in [0.1, 0.15) is 5.69 Å². The molecule has 1 fully saturated rings. The number of nitrogens with zero attached hydrogens (tertiary/aromatic N) is 1. The molecular weight excluding hydrogens is 296 g/mol. The molecule has 0 saturated carbocycles. The van der Waals surface area contributed by atoms with Crippen LogP contribution in [-0.4, -0.2) is 48.1 Å². The van der Waals surface area contributed by atoms with Gasteiger partial charge in [-0.3, -0.25) is 4.79 Å². The molecular formula is C17H18N2O4. The second kappa shape index (κ2) is 7.11. The molecule has 1 aliphatic heterocycles. The Morgan fingerprint density at radius 1 is 1.09 bits per heavy atom. The van der Waals surface area contributed by atoms with Crippen molar-refractivity contribution in [3.05, 3.63) is 59.9 Å². The lowest BCUT2D eigenvalue weighted by atomic mass is 10.1. The molecule has 6 heteroatoms. The van der Waals surface area contributed by atoms with Crippen LogP contribution in [0.5, 0.6) is 0 Å². The van der Waals surface area contributed by atoms with E-state index in [0.29, 0.717) is 37.6 Å². The Labute approximate surface area is 134 Å². The summed E-state index contributed by atoms with van der Waals surface area (Å²) < 4.78 is 10.8. The molecule has 0 bridgehead atoms. The van der Waals surface area contributed by atoms with Gasteiger partial charge in [0.25, 0.3) is 5.91 Å². The van der Waals surface area contributed by atoms with Crippen LogP contribution in [0, 0.1) is 0 Å². The third kappa shape index (κ3) is 3.60. The van der Waals surface area contributed by atoms with E-state index >= 15 is 0 Å². The van der Waals surface area contributed by atoms with Gasteiger partial charge in [-0.1, -0.05) is 30.3 Å². The number of benzene rings is 1. The molecule has 0 spiro atoms. The zero-order valence-electron chi connectivity index (χ0n) is 12.6. The van der Waals surface area contributed by atoms with E-state index in [1.54, 1.807) is 35.4 Å². The molecule has 120 valence electrons. The molecule has 1 N–H and O–H groups in total. The van der Waals surface area contributed by atoms with Crippen LogP contribution in [0.2, 0.25) is 0 Å². The zero-order chi connectivity index (χ0) is 16.1. The molecule has 0 unspecified atom stereocenters. The van der Waals surface area contributed by atoms with E-state index in [2.05, 4.69) is 4.98 Å². The minimum atomic E-state index is -0.954. The number of carbonyl (C=O) groups excluding carboxylic acids is 2. The summed E-state index contributed by atoms with van der Waals surface area (Å²) in [5.74, 6) is -0.773. The van der Waals surface area contributed by atoms with Crippen molar-refractivity contribution in [1.29, 1.82) is 0 Å². The minimum absolute atomic E-state index is 0.223. The van der Waals surface area contributed by atoms with Crippen molar-refractivity contribution in [2.24, 2.45) is 0 Å². The standard InChI is InChI=1S/C17H18N2O4/c20-16(19-9-11-22-12-10-19)15(13-5-2-1-3-6-13)23-17(21)14-7-4-8-18-14/h1-8,15,18H,9-12H2/t15-/m0/s1. The SMILES string of the molecule is O=C(O[C@H](C(=O)N1CCOCC1)c1ccccc1)c1ccc[nH]1. The van der Waals surface area contributed by atoms with Gasteiger partial charge < -0.3 is 19.4 Å². The second-order valence-corrected chi connectivity index (χ2v) is 5.22. The predicted octanol–water partition coefficient (Wildman–Crippen LogP) is 1.77. The van der Waals surface area contributed by atoms with E-state index in [-0.39, 0.29) is 5.91 Å². The summed E-state index contributed by atoms with van der Waals surface area (Å²) in [6.45, 7) is 2.00. The Bertz CT molecular complexity index is 648. The van der Waals surface area contributed by atoms with Crippen LogP contribution in [0.3, 0.4) is 0 Å².